The summed E-state index contributed by atoms with van der Waals surface area (Å²) in [4.78, 5) is 26.7. The second kappa shape index (κ2) is 6.53. The van der Waals surface area contributed by atoms with Crippen LogP contribution >= 0.6 is 0 Å². The SMILES string of the molecule is Cc1cc(NC(=O)Cn2nc(Cc3ccccc3)[nH]c2=O)n(C)n1. The van der Waals surface area contributed by atoms with E-state index >= 15 is 0 Å². The summed E-state index contributed by atoms with van der Waals surface area (Å²) < 4.78 is 2.69. The maximum absolute atomic E-state index is 12.1. The number of H-pyrrole nitrogens is 1. The van der Waals surface area contributed by atoms with Crippen molar-refractivity contribution in [3.05, 3.63) is 64.0 Å². The molecule has 3 aromatic rings. The number of nitrogens with one attached hydrogen (secondary N) is 2. The van der Waals surface area contributed by atoms with Gasteiger partial charge < -0.3 is 5.32 Å². The summed E-state index contributed by atoms with van der Waals surface area (Å²) in [6.07, 6.45) is 0.506. The monoisotopic (exact) mass is 326 g/mol. The van der Waals surface area contributed by atoms with Crippen LogP contribution in [0.15, 0.2) is 41.2 Å². The van der Waals surface area contributed by atoms with Crippen LogP contribution in [0.25, 0.3) is 0 Å². The highest BCUT2D eigenvalue weighted by atomic mass is 16.2. The summed E-state index contributed by atoms with van der Waals surface area (Å²) in [6, 6.07) is 11.4. The van der Waals surface area contributed by atoms with Gasteiger partial charge in [-0.05, 0) is 12.5 Å². The van der Waals surface area contributed by atoms with Gasteiger partial charge in [0, 0.05) is 19.5 Å². The maximum Gasteiger partial charge on any atom is 0.343 e. The minimum absolute atomic E-state index is 0.158. The molecule has 0 atom stereocenters. The lowest BCUT2D eigenvalue weighted by Gasteiger charge is -2.04. The van der Waals surface area contributed by atoms with Crippen LogP contribution in [-0.4, -0.2) is 30.5 Å². The largest absolute Gasteiger partial charge is 0.343 e. The standard InChI is InChI=1S/C16H18N6O2/c1-11-8-14(21(2)19-11)18-15(23)10-22-16(24)17-13(20-22)9-12-6-4-3-5-7-12/h3-8H,9-10H2,1-2H3,(H,18,23)(H,17,20,24). The van der Waals surface area contributed by atoms with Crippen LogP contribution < -0.4 is 11.0 Å². The molecule has 1 aromatic carbocycles. The van der Waals surface area contributed by atoms with Crippen LogP contribution in [0.1, 0.15) is 17.1 Å². The first-order valence-electron chi connectivity index (χ1n) is 7.51. The summed E-state index contributed by atoms with van der Waals surface area (Å²) >= 11 is 0. The Morgan fingerprint density at radius 2 is 2.00 bits per heavy atom. The fourth-order valence-electron chi connectivity index (χ4n) is 2.43. The molecule has 1 amide bonds. The molecule has 0 radical (unpaired) electrons. The Balaban J connectivity index is 1.68. The third kappa shape index (κ3) is 3.60. The molecule has 2 heterocycles. The number of benzene rings is 1. The fourth-order valence-corrected chi connectivity index (χ4v) is 2.43. The summed E-state index contributed by atoms with van der Waals surface area (Å²) in [5.74, 6) is 0.763. The maximum atomic E-state index is 12.1. The number of carbonyl (C=O) groups is 1. The Morgan fingerprint density at radius 1 is 1.25 bits per heavy atom. The van der Waals surface area contributed by atoms with Crippen molar-refractivity contribution in [2.24, 2.45) is 7.05 Å². The summed E-state index contributed by atoms with van der Waals surface area (Å²) in [5.41, 5.74) is 1.43. The molecular formula is C16H18N6O2. The molecule has 124 valence electrons. The Morgan fingerprint density at radius 3 is 2.67 bits per heavy atom. The van der Waals surface area contributed by atoms with Crippen molar-refractivity contribution >= 4 is 11.7 Å². The van der Waals surface area contributed by atoms with Gasteiger partial charge in [0.25, 0.3) is 0 Å². The van der Waals surface area contributed by atoms with E-state index in [4.69, 9.17) is 0 Å². The number of aryl methyl sites for hydroxylation is 2. The van der Waals surface area contributed by atoms with Gasteiger partial charge in [-0.3, -0.25) is 14.5 Å². The third-order valence-corrected chi connectivity index (χ3v) is 3.50. The van der Waals surface area contributed by atoms with Crippen molar-refractivity contribution in [1.29, 1.82) is 0 Å². The molecule has 0 bridgehead atoms. The molecule has 2 aromatic heterocycles. The predicted octanol–water partition coefficient (Wildman–Crippen LogP) is 0.843. The number of hydrogen-bond acceptors (Lipinski definition) is 4. The molecule has 2 N–H and O–H groups in total. The molecule has 8 nitrogen and oxygen atoms in total. The summed E-state index contributed by atoms with van der Waals surface area (Å²) in [5, 5.41) is 11.0. The van der Waals surface area contributed by atoms with Gasteiger partial charge in [-0.1, -0.05) is 30.3 Å². The molecule has 0 saturated carbocycles. The van der Waals surface area contributed by atoms with Gasteiger partial charge in [-0.2, -0.15) is 10.2 Å². The average Bonchev–Trinajstić information content (AvgIpc) is 3.02. The second-order valence-corrected chi connectivity index (χ2v) is 5.54. The van der Waals surface area contributed by atoms with Crippen LogP contribution in [0.4, 0.5) is 5.82 Å². The molecule has 0 spiro atoms. The van der Waals surface area contributed by atoms with Gasteiger partial charge in [-0.15, -0.1) is 0 Å². The average molecular weight is 326 g/mol. The van der Waals surface area contributed by atoms with Gasteiger partial charge in [0.15, 0.2) is 0 Å². The van der Waals surface area contributed by atoms with Crippen molar-refractivity contribution in [3.8, 4) is 0 Å². The highest BCUT2D eigenvalue weighted by molar-refractivity contribution is 5.89. The molecule has 0 aliphatic carbocycles. The molecule has 0 fully saturated rings. The lowest BCUT2D eigenvalue weighted by atomic mass is 10.1. The Kier molecular flexibility index (Phi) is 4.28. The lowest BCUT2D eigenvalue weighted by Crippen LogP contribution is -2.27. The van der Waals surface area contributed by atoms with Crippen molar-refractivity contribution < 1.29 is 4.79 Å². The van der Waals surface area contributed by atoms with Crippen molar-refractivity contribution in [1.82, 2.24) is 24.5 Å². The summed E-state index contributed by atoms with van der Waals surface area (Å²) in [6.45, 7) is 1.68. The molecule has 8 heteroatoms. The third-order valence-electron chi connectivity index (χ3n) is 3.50. The number of nitrogens with zero attached hydrogens (tertiary/aromatic N) is 4. The minimum atomic E-state index is -0.405. The topological polar surface area (TPSA) is 97.6 Å². The quantitative estimate of drug-likeness (QED) is 0.726. The highest BCUT2D eigenvalue weighted by Gasteiger charge is 2.12. The molecule has 0 aliphatic rings. The molecule has 24 heavy (non-hydrogen) atoms. The van der Waals surface area contributed by atoms with Crippen molar-refractivity contribution in [2.75, 3.05) is 5.32 Å². The van der Waals surface area contributed by atoms with E-state index in [1.165, 1.54) is 0 Å². The molecular weight excluding hydrogens is 308 g/mol. The van der Waals surface area contributed by atoms with Crippen LogP contribution in [0, 0.1) is 6.92 Å². The van der Waals surface area contributed by atoms with E-state index in [2.05, 4.69) is 20.5 Å². The zero-order chi connectivity index (χ0) is 17.1. The first-order valence-corrected chi connectivity index (χ1v) is 7.51. The minimum Gasteiger partial charge on any atom is -0.309 e. The van der Waals surface area contributed by atoms with E-state index in [1.807, 2.05) is 37.3 Å². The van der Waals surface area contributed by atoms with E-state index in [9.17, 15) is 9.59 Å². The molecule has 0 aliphatic heterocycles. The number of carbonyl (C=O) groups excluding carboxylic acids is 1. The van der Waals surface area contributed by atoms with Crippen LogP contribution in [0.2, 0.25) is 0 Å². The van der Waals surface area contributed by atoms with E-state index in [-0.39, 0.29) is 12.5 Å². The highest BCUT2D eigenvalue weighted by Crippen LogP contribution is 2.08. The predicted molar refractivity (Wildman–Crippen MR) is 88.7 cm³/mol. The van der Waals surface area contributed by atoms with E-state index in [0.717, 1.165) is 15.9 Å². The number of rotatable bonds is 5. The van der Waals surface area contributed by atoms with E-state index in [0.29, 0.717) is 18.1 Å². The van der Waals surface area contributed by atoms with E-state index < -0.39 is 5.69 Å². The van der Waals surface area contributed by atoms with Crippen LogP contribution in [-0.2, 0) is 24.8 Å². The first-order chi connectivity index (χ1) is 11.5. The fraction of sp³-hybridized carbons (Fsp3) is 0.250. The lowest BCUT2D eigenvalue weighted by molar-refractivity contribution is -0.117. The van der Waals surface area contributed by atoms with Gasteiger partial charge in [0.1, 0.15) is 18.2 Å². The van der Waals surface area contributed by atoms with Crippen LogP contribution in [0.3, 0.4) is 0 Å². The van der Waals surface area contributed by atoms with Crippen LogP contribution in [0.5, 0.6) is 0 Å². The second-order valence-electron chi connectivity index (χ2n) is 5.54. The number of amides is 1. The van der Waals surface area contributed by atoms with Crippen molar-refractivity contribution in [3.63, 3.8) is 0 Å². The zero-order valence-corrected chi connectivity index (χ0v) is 13.5. The van der Waals surface area contributed by atoms with E-state index in [1.54, 1.807) is 17.8 Å². The van der Waals surface area contributed by atoms with Gasteiger partial charge in [0.2, 0.25) is 5.91 Å². The number of aromatic nitrogens is 5. The Bertz CT molecular complexity index is 906. The number of aromatic amines is 1. The normalized spacial score (nSPS) is 10.8. The molecule has 0 saturated heterocycles. The molecule has 0 unspecified atom stereocenters. The number of hydrogen-bond donors (Lipinski definition) is 2. The van der Waals surface area contributed by atoms with Gasteiger partial charge >= 0.3 is 5.69 Å². The Labute approximate surface area is 138 Å². The van der Waals surface area contributed by atoms with Crippen molar-refractivity contribution in [2.45, 2.75) is 19.9 Å². The smallest absolute Gasteiger partial charge is 0.309 e. The molecule has 3 rings (SSSR count). The van der Waals surface area contributed by atoms with Gasteiger partial charge in [-0.25, -0.2) is 9.48 Å². The number of anilines is 1. The van der Waals surface area contributed by atoms with Gasteiger partial charge in [0.05, 0.1) is 5.69 Å². The Hall–Kier alpha value is -3.16. The zero-order valence-electron chi connectivity index (χ0n) is 13.5. The first kappa shape index (κ1) is 15.7. The summed E-state index contributed by atoms with van der Waals surface area (Å²) in [7, 11) is 1.74.